The van der Waals surface area contributed by atoms with E-state index in [0.29, 0.717) is 5.56 Å². The van der Waals surface area contributed by atoms with Crippen molar-refractivity contribution >= 4 is 0 Å². The van der Waals surface area contributed by atoms with Crippen molar-refractivity contribution in [3.63, 3.8) is 0 Å². The Kier molecular flexibility index (Phi) is 4.66. The van der Waals surface area contributed by atoms with Crippen molar-refractivity contribution in [2.24, 2.45) is 5.41 Å². The van der Waals surface area contributed by atoms with Crippen LogP contribution in [0.5, 0.6) is 0 Å². The minimum atomic E-state index is -0.514. The van der Waals surface area contributed by atoms with Crippen molar-refractivity contribution in [2.45, 2.75) is 40.4 Å². The van der Waals surface area contributed by atoms with Crippen LogP contribution in [-0.2, 0) is 11.3 Å². The van der Waals surface area contributed by atoms with Gasteiger partial charge >= 0.3 is 5.69 Å². The number of ether oxygens (including phenoxy) is 1. The summed E-state index contributed by atoms with van der Waals surface area (Å²) in [6.45, 7) is 8.48. The number of rotatable bonds is 4. The maximum Gasteiger partial charge on any atom is 0.325 e. The quantitative estimate of drug-likeness (QED) is 0.911. The van der Waals surface area contributed by atoms with Crippen LogP contribution in [0.4, 0.5) is 0 Å². The van der Waals surface area contributed by atoms with Gasteiger partial charge in [0.25, 0.3) is 5.56 Å². The molecular weight excluding hydrogens is 280 g/mol. The summed E-state index contributed by atoms with van der Waals surface area (Å²) in [5, 5.41) is 0. The molecule has 0 aliphatic rings. The Morgan fingerprint density at radius 3 is 2.45 bits per heavy atom. The second-order valence-electron chi connectivity index (χ2n) is 6.51. The number of H-pyrrole nitrogens is 2. The third-order valence-electron chi connectivity index (χ3n) is 3.56. The maximum atomic E-state index is 11.8. The number of benzene rings is 1. The Morgan fingerprint density at radius 2 is 1.86 bits per heavy atom. The van der Waals surface area contributed by atoms with Crippen LogP contribution in [0.15, 0.2) is 40.1 Å². The standard InChI is InChI=1S/C17H22N2O3/c1-11-7-5-6-8-13(11)14(17(2,3)4)22-10-12-9-18-16(21)19-15(12)20/h5-9,14H,10H2,1-4H3,(H2,18,19,20,21). The lowest BCUT2D eigenvalue weighted by Gasteiger charge is -2.32. The Balaban J connectivity index is 2.27. The van der Waals surface area contributed by atoms with E-state index in [1.807, 2.05) is 31.2 Å². The molecule has 1 aromatic heterocycles. The molecule has 0 saturated carbocycles. The predicted octanol–water partition coefficient (Wildman–Crippen LogP) is 2.68. The van der Waals surface area contributed by atoms with Crippen LogP contribution in [0, 0.1) is 12.3 Å². The first-order valence-corrected chi connectivity index (χ1v) is 7.27. The fraction of sp³-hybridized carbons (Fsp3) is 0.412. The molecule has 0 spiro atoms. The summed E-state index contributed by atoms with van der Waals surface area (Å²) in [5.74, 6) is 0. The molecule has 2 rings (SSSR count). The number of aryl methyl sites for hydroxylation is 1. The lowest BCUT2D eigenvalue weighted by Crippen LogP contribution is -2.27. The molecule has 0 bridgehead atoms. The highest BCUT2D eigenvalue weighted by atomic mass is 16.5. The highest BCUT2D eigenvalue weighted by Gasteiger charge is 2.28. The number of nitrogens with one attached hydrogen (secondary N) is 2. The predicted molar refractivity (Wildman–Crippen MR) is 85.8 cm³/mol. The van der Waals surface area contributed by atoms with E-state index in [9.17, 15) is 9.59 Å². The average Bonchev–Trinajstić information content (AvgIpc) is 2.41. The highest BCUT2D eigenvalue weighted by molar-refractivity contribution is 5.29. The van der Waals surface area contributed by atoms with Crippen LogP contribution >= 0.6 is 0 Å². The molecule has 0 fully saturated rings. The van der Waals surface area contributed by atoms with Gasteiger partial charge in [0.1, 0.15) is 0 Å². The first-order valence-electron chi connectivity index (χ1n) is 7.27. The van der Waals surface area contributed by atoms with E-state index >= 15 is 0 Å². The van der Waals surface area contributed by atoms with E-state index in [1.54, 1.807) is 0 Å². The molecular formula is C17H22N2O3. The molecule has 0 amide bonds. The molecule has 1 heterocycles. The lowest BCUT2D eigenvalue weighted by molar-refractivity contribution is -0.0313. The lowest BCUT2D eigenvalue weighted by atomic mass is 9.83. The molecule has 2 N–H and O–H groups in total. The molecule has 118 valence electrons. The summed E-state index contributed by atoms with van der Waals surface area (Å²) in [4.78, 5) is 27.5. The third-order valence-corrected chi connectivity index (χ3v) is 3.56. The Hall–Kier alpha value is -2.14. The molecule has 0 aliphatic carbocycles. The summed E-state index contributed by atoms with van der Waals surface area (Å²) < 4.78 is 6.04. The fourth-order valence-corrected chi connectivity index (χ4v) is 2.41. The van der Waals surface area contributed by atoms with Gasteiger partial charge in [-0.15, -0.1) is 0 Å². The van der Waals surface area contributed by atoms with Crippen molar-refractivity contribution in [3.8, 4) is 0 Å². The first-order chi connectivity index (χ1) is 10.3. The van der Waals surface area contributed by atoms with E-state index in [1.165, 1.54) is 6.20 Å². The molecule has 1 atom stereocenters. The molecule has 5 nitrogen and oxygen atoms in total. The van der Waals surface area contributed by atoms with Crippen LogP contribution in [0.25, 0.3) is 0 Å². The van der Waals surface area contributed by atoms with E-state index in [2.05, 4.69) is 30.7 Å². The molecule has 1 unspecified atom stereocenters. The largest absolute Gasteiger partial charge is 0.368 e. The van der Waals surface area contributed by atoms with Gasteiger partial charge in [0, 0.05) is 6.20 Å². The second-order valence-corrected chi connectivity index (χ2v) is 6.51. The molecule has 2 aromatic rings. The van der Waals surface area contributed by atoms with E-state index < -0.39 is 11.2 Å². The zero-order valence-electron chi connectivity index (χ0n) is 13.4. The fourth-order valence-electron chi connectivity index (χ4n) is 2.41. The van der Waals surface area contributed by atoms with Crippen molar-refractivity contribution < 1.29 is 4.74 Å². The maximum absolute atomic E-state index is 11.8. The van der Waals surface area contributed by atoms with Gasteiger partial charge in [0.15, 0.2) is 0 Å². The van der Waals surface area contributed by atoms with Gasteiger partial charge in [-0.1, -0.05) is 45.0 Å². The Bertz CT molecular complexity index is 753. The van der Waals surface area contributed by atoms with Crippen LogP contribution in [0.3, 0.4) is 0 Å². The molecule has 22 heavy (non-hydrogen) atoms. The van der Waals surface area contributed by atoms with Crippen molar-refractivity contribution in [2.75, 3.05) is 0 Å². The molecule has 5 heteroatoms. The van der Waals surface area contributed by atoms with E-state index in [4.69, 9.17) is 4.74 Å². The van der Waals surface area contributed by atoms with Crippen LogP contribution < -0.4 is 11.2 Å². The summed E-state index contributed by atoms with van der Waals surface area (Å²) in [5.41, 5.74) is 1.61. The van der Waals surface area contributed by atoms with Gasteiger partial charge in [-0.3, -0.25) is 9.78 Å². The van der Waals surface area contributed by atoms with E-state index in [-0.39, 0.29) is 18.1 Å². The summed E-state index contributed by atoms with van der Waals surface area (Å²) in [7, 11) is 0. The van der Waals surface area contributed by atoms with Gasteiger partial charge in [-0.25, -0.2) is 4.79 Å². The van der Waals surface area contributed by atoms with E-state index in [0.717, 1.165) is 11.1 Å². The summed E-state index contributed by atoms with van der Waals surface area (Å²) in [6, 6.07) is 8.06. The highest BCUT2D eigenvalue weighted by Crippen LogP contribution is 2.37. The van der Waals surface area contributed by atoms with Crippen molar-refractivity contribution in [3.05, 3.63) is 68.0 Å². The van der Waals surface area contributed by atoms with Gasteiger partial charge in [-0.05, 0) is 23.5 Å². The van der Waals surface area contributed by atoms with Crippen LogP contribution in [0.1, 0.15) is 43.6 Å². The Labute approximate surface area is 129 Å². The molecule has 1 aromatic carbocycles. The monoisotopic (exact) mass is 302 g/mol. The minimum Gasteiger partial charge on any atom is -0.368 e. The second kappa shape index (κ2) is 6.32. The molecule has 0 aliphatic heterocycles. The van der Waals surface area contributed by atoms with Crippen LogP contribution in [0.2, 0.25) is 0 Å². The molecule has 0 radical (unpaired) electrons. The van der Waals surface area contributed by atoms with Gasteiger partial charge in [0.05, 0.1) is 18.3 Å². The van der Waals surface area contributed by atoms with Crippen molar-refractivity contribution in [1.29, 1.82) is 0 Å². The van der Waals surface area contributed by atoms with Gasteiger partial charge in [0.2, 0.25) is 0 Å². The SMILES string of the molecule is Cc1ccccc1C(OCc1c[nH]c(=O)[nH]c1=O)C(C)(C)C. The third kappa shape index (κ3) is 3.74. The topological polar surface area (TPSA) is 75.0 Å². The smallest absolute Gasteiger partial charge is 0.325 e. The average molecular weight is 302 g/mol. The zero-order chi connectivity index (χ0) is 16.3. The summed E-state index contributed by atoms with van der Waals surface area (Å²) in [6.07, 6.45) is 1.25. The number of aromatic nitrogens is 2. The normalized spacial score (nSPS) is 13.1. The number of aromatic amines is 2. The molecule has 0 saturated heterocycles. The van der Waals surface area contributed by atoms with Gasteiger partial charge < -0.3 is 9.72 Å². The van der Waals surface area contributed by atoms with Crippen molar-refractivity contribution in [1.82, 2.24) is 9.97 Å². The summed E-state index contributed by atoms with van der Waals surface area (Å²) >= 11 is 0. The Morgan fingerprint density at radius 1 is 1.18 bits per heavy atom. The number of hydrogen-bond acceptors (Lipinski definition) is 3. The van der Waals surface area contributed by atoms with Gasteiger partial charge in [-0.2, -0.15) is 0 Å². The minimum absolute atomic E-state index is 0.124. The van der Waals surface area contributed by atoms with Crippen LogP contribution in [-0.4, -0.2) is 9.97 Å². The zero-order valence-corrected chi connectivity index (χ0v) is 13.4. The first kappa shape index (κ1) is 16.2. The number of hydrogen-bond donors (Lipinski definition) is 2.